The van der Waals surface area contributed by atoms with Crippen LogP contribution >= 0.6 is 11.3 Å². The summed E-state index contributed by atoms with van der Waals surface area (Å²) < 4.78 is 5.95. The number of aromatic nitrogens is 2. The largest absolute Gasteiger partial charge is 0.376 e. The fraction of sp³-hybridized carbons (Fsp3) is 0.529. The second kappa shape index (κ2) is 7.86. The topological polar surface area (TPSA) is 41.5 Å². The molecule has 0 amide bonds. The maximum absolute atomic E-state index is 5.95. The van der Waals surface area contributed by atoms with Gasteiger partial charge in [-0.15, -0.1) is 11.3 Å². The number of pyridine rings is 1. The lowest BCUT2D eigenvalue weighted by Crippen LogP contribution is -2.41. The third-order valence-electron chi connectivity index (χ3n) is 4.11. The van der Waals surface area contributed by atoms with Crippen molar-refractivity contribution in [2.75, 3.05) is 38.7 Å². The number of hydrogen-bond donors (Lipinski definition) is 0. The van der Waals surface area contributed by atoms with Gasteiger partial charge in [0.15, 0.2) is 0 Å². The summed E-state index contributed by atoms with van der Waals surface area (Å²) in [5.74, 6) is 1.01. The second-order valence-electron chi connectivity index (χ2n) is 6.15. The molecule has 23 heavy (non-hydrogen) atoms. The summed E-state index contributed by atoms with van der Waals surface area (Å²) in [6, 6.07) is 4.27. The summed E-state index contributed by atoms with van der Waals surface area (Å²) in [5, 5.41) is 0. The van der Waals surface area contributed by atoms with Gasteiger partial charge in [-0.2, -0.15) is 0 Å². The molecule has 0 aromatic carbocycles. The highest BCUT2D eigenvalue weighted by Crippen LogP contribution is 2.17. The minimum absolute atomic E-state index is 0.313. The Morgan fingerprint density at radius 1 is 1.43 bits per heavy atom. The van der Waals surface area contributed by atoms with Crippen molar-refractivity contribution in [3.63, 3.8) is 0 Å². The average Bonchev–Trinajstić information content (AvgIpc) is 3.06. The monoisotopic (exact) mass is 332 g/mol. The fourth-order valence-corrected chi connectivity index (χ4v) is 3.46. The maximum atomic E-state index is 5.95. The predicted molar refractivity (Wildman–Crippen MR) is 94.0 cm³/mol. The Morgan fingerprint density at radius 2 is 2.35 bits per heavy atom. The van der Waals surface area contributed by atoms with Crippen LogP contribution in [0, 0.1) is 0 Å². The van der Waals surface area contributed by atoms with Crippen LogP contribution in [-0.2, 0) is 17.7 Å². The minimum atomic E-state index is 0.313. The van der Waals surface area contributed by atoms with Crippen molar-refractivity contribution in [2.45, 2.75) is 25.5 Å². The fourth-order valence-electron chi connectivity index (χ4n) is 2.83. The van der Waals surface area contributed by atoms with Gasteiger partial charge in [0.1, 0.15) is 5.82 Å². The van der Waals surface area contributed by atoms with E-state index in [9.17, 15) is 0 Å². The SMILES string of the molecule is CN(C)c1cc(CCC2CN(Cc3cncs3)CCO2)ccn1. The van der Waals surface area contributed by atoms with E-state index in [-0.39, 0.29) is 0 Å². The van der Waals surface area contributed by atoms with Crippen molar-refractivity contribution in [2.24, 2.45) is 0 Å². The summed E-state index contributed by atoms with van der Waals surface area (Å²) in [5.41, 5.74) is 3.23. The number of rotatable bonds is 6. The number of anilines is 1. The highest BCUT2D eigenvalue weighted by atomic mass is 32.1. The second-order valence-corrected chi connectivity index (χ2v) is 7.12. The molecule has 6 heteroatoms. The molecule has 124 valence electrons. The molecule has 3 rings (SSSR count). The zero-order valence-electron chi connectivity index (χ0n) is 13.8. The molecular formula is C17H24N4OS. The summed E-state index contributed by atoms with van der Waals surface area (Å²) in [4.78, 5) is 14.4. The Bertz CT molecular complexity index is 602. The molecular weight excluding hydrogens is 308 g/mol. The van der Waals surface area contributed by atoms with E-state index < -0.39 is 0 Å². The van der Waals surface area contributed by atoms with E-state index in [1.54, 1.807) is 11.3 Å². The summed E-state index contributed by atoms with van der Waals surface area (Å²) >= 11 is 1.73. The quantitative estimate of drug-likeness (QED) is 0.813. The Kier molecular flexibility index (Phi) is 5.59. The van der Waals surface area contributed by atoms with Crippen LogP contribution in [0.3, 0.4) is 0 Å². The standard InChI is InChI=1S/C17H24N4OS/c1-20(2)17-9-14(5-6-19-17)3-4-15-11-21(7-8-22-15)12-16-10-18-13-23-16/h5-6,9-10,13,15H,3-4,7-8,11-12H2,1-2H3. The minimum Gasteiger partial charge on any atom is -0.376 e. The average molecular weight is 332 g/mol. The molecule has 5 nitrogen and oxygen atoms in total. The van der Waals surface area contributed by atoms with Crippen LogP contribution in [0.1, 0.15) is 16.9 Å². The molecule has 0 aliphatic carbocycles. The molecule has 1 atom stereocenters. The number of nitrogens with zero attached hydrogens (tertiary/aromatic N) is 4. The maximum Gasteiger partial charge on any atom is 0.128 e. The van der Waals surface area contributed by atoms with E-state index in [4.69, 9.17) is 4.74 Å². The van der Waals surface area contributed by atoms with Crippen molar-refractivity contribution >= 4 is 17.2 Å². The van der Waals surface area contributed by atoms with Crippen molar-refractivity contribution in [3.8, 4) is 0 Å². The predicted octanol–water partition coefficient (Wildman–Crippen LogP) is 2.44. The summed E-state index contributed by atoms with van der Waals surface area (Å²) in [6.07, 6.45) is 6.25. The molecule has 1 aliphatic heterocycles. The van der Waals surface area contributed by atoms with E-state index >= 15 is 0 Å². The lowest BCUT2D eigenvalue weighted by molar-refractivity contribution is -0.0342. The lowest BCUT2D eigenvalue weighted by Gasteiger charge is -2.32. The van der Waals surface area contributed by atoms with E-state index in [1.807, 2.05) is 36.9 Å². The van der Waals surface area contributed by atoms with Crippen LogP contribution in [0.25, 0.3) is 0 Å². The highest BCUT2D eigenvalue weighted by molar-refractivity contribution is 7.09. The van der Waals surface area contributed by atoms with Gasteiger partial charge in [-0.25, -0.2) is 4.98 Å². The van der Waals surface area contributed by atoms with Gasteiger partial charge >= 0.3 is 0 Å². The molecule has 0 spiro atoms. The molecule has 1 fully saturated rings. The van der Waals surface area contributed by atoms with Crippen molar-refractivity contribution < 1.29 is 4.74 Å². The third-order valence-corrected chi connectivity index (χ3v) is 4.87. The molecule has 0 bridgehead atoms. The van der Waals surface area contributed by atoms with Gasteiger partial charge in [0.2, 0.25) is 0 Å². The number of ether oxygens (including phenoxy) is 1. The molecule has 1 unspecified atom stereocenters. The summed E-state index contributed by atoms with van der Waals surface area (Å²) in [6.45, 7) is 3.82. The molecule has 0 N–H and O–H groups in total. The Morgan fingerprint density at radius 3 is 3.13 bits per heavy atom. The van der Waals surface area contributed by atoms with Gasteiger partial charge < -0.3 is 9.64 Å². The number of morpholine rings is 1. The molecule has 0 saturated carbocycles. The van der Waals surface area contributed by atoms with Crippen LogP contribution in [0.5, 0.6) is 0 Å². The zero-order chi connectivity index (χ0) is 16.1. The first-order valence-electron chi connectivity index (χ1n) is 8.04. The first-order chi connectivity index (χ1) is 11.2. The van der Waals surface area contributed by atoms with Gasteiger partial charge in [0.25, 0.3) is 0 Å². The summed E-state index contributed by atoms with van der Waals surface area (Å²) in [7, 11) is 4.04. The number of hydrogen-bond acceptors (Lipinski definition) is 6. The molecule has 1 aliphatic rings. The molecule has 0 radical (unpaired) electrons. The normalized spacial score (nSPS) is 19.0. The number of thiazole rings is 1. The van der Waals surface area contributed by atoms with Gasteiger partial charge in [-0.1, -0.05) is 0 Å². The zero-order valence-corrected chi connectivity index (χ0v) is 14.6. The Balaban J connectivity index is 1.50. The smallest absolute Gasteiger partial charge is 0.128 e. The van der Waals surface area contributed by atoms with Crippen molar-refractivity contribution in [3.05, 3.63) is 40.5 Å². The van der Waals surface area contributed by atoms with E-state index in [2.05, 4.69) is 27.0 Å². The van der Waals surface area contributed by atoms with Crippen LogP contribution < -0.4 is 4.90 Å². The van der Waals surface area contributed by atoms with Gasteiger partial charge in [-0.3, -0.25) is 9.88 Å². The van der Waals surface area contributed by atoms with Crippen molar-refractivity contribution in [1.29, 1.82) is 0 Å². The third kappa shape index (κ3) is 4.73. The molecule has 1 saturated heterocycles. The highest BCUT2D eigenvalue weighted by Gasteiger charge is 2.20. The lowest BCUT2D eigenvalue weighted by atomic mass is 10.1. The Hall–Kier alpha value is -1.50. The van der Waals surface area contributed by atoms with Gasteiger partial charge in [-0.05, 0) is 30.5 Å². The molecule has 2 aromatic rings. The molecule has 2 aromatic heterocycles. The number of aryl methyl sites for hydroxylation is 1. The Labute approximate surface area is 141 Å². The van der Waals surface area contributed by atoms with Crippen LogP contribution in [0.4, 0.5) is 5.82 Å². The first-order valence-corrected chi connectivity index (χ1v) is 8.92. The van der Waals surface area contributed by atoms with E-state index in [0.29, 0.717) is 6.10 Å². The van der Waals surface area contributed by atoms with E-state index in [1.165, 1.54) is 10.4 Å². The first kappa shape index (κ1) is 16.4. The van der Waals surface area contributed by atoms with Crippen molar-refractivity contribution in [1.82, 2.24) is 14.9 Å². The van der Waals surface area contributed by atoms with E-state index in [0.717, 1.165) is 44.9 Å². The van der Waals surface area contributed by atoms with Gasteiger partial charge in [0, 0.05) is 51.0 Å². The molecule has 3 heterocycles. The van der Waals surface area contributed by atoms with Crippen LogP contribution in [-0.4, -0.2) is 54.8 Å². The van der Waals surface area contributed by atoms with Crippen LogP contribution in [0.15, 0.2) is 30.0 Å². The van der Waals surface area contributed by atoms with Crippen LogP contribution in [0.2, 0.25) is 0 Å². The van der Waals surface area contributed by atoms with Gasteiger partial charge in [0.05, 0.1) is 18.2 Å².